The fraction of sp³-hybridized carbons (Fsp3) is 1.00. The Labute approximate surface area is 153 Å². The molecular formula is C17H38Cl2GeN2. The summed E-state index contributed by atoms with van der Waals surface area (Å²) in [6, 6.07) is 0. The van der Waals surface area contributed by atoms with Gasteiger partial charge in [-0.15, -0.1) is 24.8 Å². The van der Waals surface area contributed by atoms with Gasteiger partial charge in [0, 0.05) is 0 Å². The molecule has 2 heterocycles. The van der Waals surface area contributed by atoms with Gasteiger partial charge in [-0.3, -0.25) is 0 Å². The van der Waals surface area contributed by atoms with Crippen LogP contribution in [-0.2, 0) is 0 Å². The maximum absolute atomic E-state index is 2.77. The smallest absolute Gasteiger partial charge is 0.147 e. The molecule has 0 bridgehead atoms. The van der Waals surface area contributed by atoms with E-state index in [9.17, 15) is 0 Å². The van der Waals surface area contributed by atoms with E-state index in [0.717, 1.165) is 5.41 Å². The quantitative estimate of drug-likeness (QED) is 0.579. The minimum absolute atomic E-state index is 0. The molecule has 0 aliphatic carbocycles. The largest absolute Gasteiger partial charge is 0.147 e. The fourth-order valence-electron chi connectivity index (χ4n) is 4.51. The zero-order valence-corrected chi connectivity index (χ0v) is 18.9. The predicted molar refractivity (Wildman–Crippen MR) is 107 cm³/mol. The van der Waals surface area contributed by atoms with Crippen molar-refractivity contribution in [3.8, 4) is 0 Å². The van der Waals surface area contributed by atoms with Gasteiger partial charge in [-0.05, 0) is 0 Å². The van der Waals surface area contributed by atoms with Gasteiger partial charge < -0.3 is 0 Å². The normalized spacial score (nSPS) is 23.3. The number of likely N-dealkylation sites (tertiary alicyclic amines) is 1. The van der Waals surface area contributed by atoms with Crippen molar-refractivity contribution in [3.63, 3.8) is 0 Å². The minimum Gasteiger partial charge on any atom is -0.147 e. The van der Waals surface area contributed by atoms with Gasteiger partial charge in [-0.2, -0.15) is 0 Å². The van der Waals surface area contributed by atoms with Gasteiger partial charge in [0.2, 0.25) is 0 Å². The monoisotopic (exact) mass is 414 g/mol. The molecule has 22 heavy (non-hydrogen) atoms. The maximum atomic E-state index is 2.77. The van der Waals surface area contributed by atoms with Crippen molar-refractivity contribution in [1.29, 1.82) is 0 Å². The van der Waals surface area contributed by atoms with Crippen molar-refractivity contribution in [2.24, 2.45) is 5.41 Å². The minimum atomic E-state index is -1.34. The van der Waals surface area contributed by atoms with Gasteiger partial charge in [-0.1, -0.05) is 0 Å². The molecule has 2 nitrogen and oxygen atoms in total. The van der Waals surface area contributed by atoms with Gasteiger partial charge in [0.05, 0.1) is 0 Å². The van der Waals surface area contributed by atoms with E-state index in [0.29, 0.717) is 0 Å². The van der Waals surface area contributed by atoms with Gasteiger partial charge in [0.25, 0.3) is 0 Å². The summed E-state index contributed by atoms with van der Waals surface area (Å²) in [4.78, 5) is 5.08. The number of nitrogens with zero attached hydrogens (tertiary/aromatic N) is 2. The molecule has 2 saturated heterocycles. The number of halogens is 2. The van der Waals surface area contributed by atoms with Crippen molar-refractivity contribution in [3.05, 3.63) is 0 Å². The molecule has 0 aromatic carbocycles. The molecule has 134 valence electrons. The summed E-state index contributed by atoms with van der Waals surface area (Å²) in [5, 5.41) is 6.52. The summed E-state index contributed by atoms with van der Waals surface area (Å²) in [5.41, 5.74) is 0.747. The summed E-state index contributed by atoms with van der Waals surface area (Å²) in [6.07, 6.45) is 6.01. The molecule has 0 aromatic rings. The molecule has 2 aliphatic heterocycles. The van der Waals surface area contributed by atoms with E-state index < -0.39 is 13.3 Å². The Balaban J connectivity index is 0.00000220. The maximum Gasteiger partial charge on any atom is -0.147 e. The molecule has 0 atom stereocenters. The van der Waals surface area contributed by atoms with E-state index in [1.807, 2.05) is 0 Å². The Morgan fingerprint density at radius 3 is 2.09 bits per heavy atom. The summed E-state index contributed by atoms with van der Waals surface area (Å²) in [6.45, 7) is 10.4. The summed E-state index contributed by atoms with van der Waals surface area (Å²) < 4.78 is 0. The fourth-order valence-corrected chi connectivity index (χ4v) is 13.5. The first-order valence-electron chi connectivity index (χ1n) is 8.90. The van der Waals surface area contributed by atoms with E-state index in [4.69, 9.17) is 0 Å². The second kappa shape index (κ2) is 10.1. The van der Waals surface area contributed by atoms with Crippen LogP contribution in [0.1, 0.15) is 39.5 Å². The third-order valence-electron chi connectivity index (χ3n) is 6.47. The first-order chi connectivity index (χ1) is 9.53. The van der Waals surface area contributed by atoms with Crippen molar-refractivity contribution < 1.29 is 0 Å². The average molecular weight is 414 g/mol. The van der Waals surface area contributed by atoms with E-state index in [1.165, 1.54) is 39.0 Å². The third kappa shape index (κ3) is 5.84. The second-order valence-corrected chi connectivity index (χ2v) is 19.2. The third-order valence-corrected chi connectivity index (χ3v) is 18.3. The Morgan fingerprint density at radius 1 is 1.00 bits per heavy atom. The van der Waals surface area contributed by atoms with Crippen LogP contribution in [0.2, 0.25) is 21.0 Å². The van der Waals surface area contributed by atoms with Crippen LogP contribution < -0.4 is 0 Å². The van der Waals surface area contributed by atoms with Crippen LogP contribution in [0.25, 0.3) is 0 Å². The van der Waals surface area contributed by atoms with E-state index in [1.54, 1.807) is 33.9 Å². The zero-order chi connectivity index (χ0) is 14.6. The molecule has 2 aliphatic rings. The molecule has 0 unspecified atom stereocenters. The van der Waals surface area contributed by atoms with Gasteiger partial charge in [0.1, 0.15) is 0 Å². The van der Waals surface area contributed by atoms with Crippen LogP contribution in [0.5, 0.6) is 0 Å². The molecule has 0 amide bonds. The Kier molecular flexibility index (Phi) is 10.6. The predicted octanol–water partition coefficient (Wildman–Crippen LogP) is 4.76. The summed E-state index contributed by atoms with van der Waals surface area (Å²) in [5.74, 6) is 0. The molecule has 0 N–H and O–H groups in total. The molecule has 0 saturated carbocycles. The molecule has 2 rings (SSSR count). The van der Waals surface area contributed by atoms with Crippen molar-refractivity contribution in [2.75, 3.05) is 40.3 Å². The zero-order valence-electron chi connectivity index (χ0n) is 15.2. The van der Waals surface area contributed by atoms with E-state index in [2.05, 4.69) is 37.7 Å². The Morgan fingerprint density at radius 2 is 1.59 bits per heavy atom. The second-order valence-electron chi connectivity index (χ2n) is 7.89. The van der Waals surface area contributed by atoms with Crippen molar-refractivity contribution >= 4 is 38.1 Å². The van der Waals surface area contributed by atoms with E-state index >= 15 is 0 Å². The summed E-state index contributed by atoms with van der Waals surface area (Å²) in [7, 11) is 4.38. The van der Waals surface area contributed by atoms with Crippen LogP contribution in [0.4, 0.5) is 0 Å². The molecule has 5 heteroatoms. The van der Waals surface area contributed by atoms with Crippen molar-refractivity contribution in [1.82, 2.24) is 9.80 Å². The first-order valence-corrected chi connectivity index (χ1v) is 14.8. The first kappa shape index (κ1) is 23.0. The number of hydrogen-bond acceptors (Lipinski definition) is 2. The standard InChI is InChI=1S/C17H36GeN2.2ClH/c1-5-18(6-2)11-8-17(9-12-18)10-15-20(16-17)14-7-13-19(3)4;;/h5-16H2,1-4H3;2*1H. The van der Waals surface area contributed by atoms with Gasteiger partial charge >= 0.3 is 129 Å². The SMILES string of the molecule is C[CH2][Ge]1([CH2]C)[CH2]CC2(CCN(CCCN(C)C)C2)C[CH2]1.Cl.Cl. The van der Waals surface area contributed by atoms with Crippen LogP contribution in [0.3, 0.4) is 0 Å². The van der Waals surface area contributed by atoms with Crippen LogP contribution >= 0.6 is 24.8 Å². The molecule has 1 spiro atoms. The molecule has 0 radical (unpaired) electrons. The topological polar surface area (TPSA) is 6.48 Å². The Bertz CT molecular complexity index is 299. The number of rotatable bonds is 6. The number of hydrogen-bond donors (Lipinski definition) is 0. The van der Waals surface area contributed by atoms with Gasteiger partial charge in [0.15, 0.2) is 0 Å². The van der Waals surface area contributed by atoms with Crippen molar-refractivity contribution in [2.45, 2.75) is 60.5 Å². The molecule has 2 fully saturated rings. The van der Waals surface area contributed by atoms with Gasteiger partial charge in [-0.25, -0.2) is 0 Å². The van der Waals surface area contributed by atoms with Crippen LogP contribution in [0, 0.1) is 5.41 Å². The Hall–Kier alpha value is 1.04. The van der Waals surface area contributed by atoms with Crippen LogP contribution in [-0.4, -0.2) is 63.3 Å². The van der Waals surface area contributed by atoms with E-state index in [-0.39, 0.29) is 24.8 Å². The average Bonchev–Trinajstić information content (AvgIpc) is 2.84. The summed E-state index contributed by atoms with van der Waals surface area (Å²) >= 11 is -1.34. The molecular weight excluding hydrogens is 376 g/mol. The van der Waals surface area contributed by atoms with Crippen LogP contribution in [0.15, 0.2) is 0 Å². The molecule has 0 aromatic heterocycles.